The van der Waals surface area contributed by atoms with Gasteiger partial charge >= 0.3 is 0 Å². The Bertz CT molecular complexity index is 359. The summed E-state index contributed by atoms with van der Waals surface area (Å²) >= 11 is 1.80. The fourth-order valence-electron chi connectivity index (χ4n) is 1.85. The molecule has 0 aromatic carbocycles. The SMILES string of the molecule is NNC(CCc1ccco1)CCc1cccs1. The van der Waals surface area contributed by atoms with Gasteiger partial charge in [0.2, 0.25) is 0 Å². The van der Waals surface area contributed by atoms with Gasteiger partial charge in [0.25, 0.3) is 0 Å². The summed E-state index contributed by atoms with van der Waals surface area (Å²) in [4.78, 5) is 1.42. The molecule has 17 heavy (non-hydrogen) atoms. The normalized spacial score (nSPS) is 12.8. The van der Waals surface area contributed by atoms with Gasteiger partial charge in [-0.15, -0.1) is 11.3 Å². The lowest BCUT2D eigenvalue weighted by molar-refractivity contribution is 0.433. The molecule has 0 aliphatic heterocycles. The van der Waals surface area contributed by atoms with E-state index >= 15 is 0 Å². The Kier molecular flexibility index (Phi) is 4.79. The molecule has 0 saturated carbocycles. The Hall–Kier alpha value is -1.10. The van der Waals surface area contributed by atoms with Crippen molar-refractivity contribution in [2.45, 2.75) is 31.7 Å². The summed E-state index contributed by atoms with van der Waals surface area (Å²) in [6.07, 6.45) is 5.82. The van der Waals surface area contributed by atoms with Gasteiger partial charge in [0.05, 0.1) is 6.26 Å². The van der Waals surface area contributed by atoms with E-state index in [1.807, 2.05) is 12.1 Å². The van der Waals surface area contributed by atoms with E-state index in [1.54, 1.807) is 17.6 Å². The summed E-state index contributed by atoms with van der Waals surface area (Å²) in [5, 5.41) is 2.11. The number of aryl methyl sites for hydroxylation is 2. The first-order valence-corrected chi connectivity index (χ1v) is 6.77. The Morgan fingerprint density at radius 3 is 2.76 bits per heavy atom. The minimum atomic E-state index is 0.349. The molecule has 0 aliphatic rings. The number of rotatable bonds is 7. The van der Waals surface area contributed by atoms with Crippen molar-refractivity contribution in [3.8, 4) is 0 Å². The van der Waals surface area contributed by atoms with E-state index in [4.69, 9.17) is 10.3 Å². The number of hydrogen-bond donors (Lipinski definition) is 2. The van der Waals surface area contributed by atoms with Crippen LogP contribution in [-0.2, 0) is 12.8 Å². The van der Waals surface area contributed by atoms with Crippen molar-refractivity contribution in [3.63, 3.8) is 0 Å². The molecule has 3 nitrogen and oxygen atoms in total. The van der Waals surface area contributed by atoms with Crippen LogP contribution in [0.2, 0.25) is 0 Å². The van der Waals surface area contributed by atoms with Gasteiger partial charge in [0.15, 0.2) is 0 Å². The molecule has 92 valence electrons. The van der Waals surface area contributed by atoms with Crippen LogP contribution in [0, 0.1) is 0 Å². The maximum atomic E-state index is 5.57. The van der Waals surface area contributed by atoms with Crippen LogP contribution in [-0.4, -0.2) is 6.04 Å². The number of furan rings is 1. The van der Waals surface area contributed by atoms with Crippen LogP contribution in [0.5, 0.6) is 0 Å². The molecule has 2 aromatic heterocycles. The second kappa shape index (κ2) is 6.59. The van der Waals surface area contributed by atoms with Crippen LogP contribution in [0.4, 0.5) is 0 Å². The maximum Gasteiger partial charge on any atom is 0.103 e. The number of hydrogen-bond acceptors (Lipinski definition) is 4. The molecule has 4 heteroatoms. The molecule has 0 radical (unpaired) electrons. The zero-order chi connectivity index (χ0) is 11.9. The first kappa shape index (κ1) is 12.4. The van der Waals surface area contributed by atoms with E-state index in [0.717, 1.165) is 31.4 Å². The predicted octanol–water partition coefficient (Wildman–Crippen LogP) is 2.74. The van der Waals surface area contributed by atoms with Gasteiger partial charge in [0.1, 0.15) is 5.76 Å². The highest BCUT2D eigenvalue weighted by atomic mass is 32.1. The van der Waals surface area contributed by atoms with E-state index in [0.29, 0.717) is 6.04 Å². The monoisotopic (exact) mass is 250 g/mol. The molecule has 0 amide bonds. The van der Waals surface area contributed by atoms with Gasteiger partial charge in [-0.25, -0.2) is 0 Å². The van der Waals surface area contributed by atoms with Crippen LogP contribution in [0.1, 0.15) is 23.5 Å². The van der Waals surface area contributed by atoms with Crippen molar-refractivity contribution in [2.24, 2.45) is 5.84 Å². The molecule has 2 aromatic rings. The summed E-state index contributed by atoms with van der Waals surface area (Å²) in [7, 11) is 0. The Balaban J connectivity index is 1.73. The highest BCUT2D eigenvalue weighted by Gasteiger charge is 2.08. The van der Waals surface area contributed by atoms with Crippen LogP contribution in [0.15, 0.2) is 40.3 Å². The lowest BCUT2D eigenvalue weighted by atomic mass is 10.1. The van der Waals surface area contributed by atoms with Gasteiger partial charge in [-0.2, -0.15) is 0 Å². The fraction of sp³-hybridized carbons (Fsp3) is 0.385. The first-order chi connectivity index (χ1) is 8.38. The second-order valence-electron chi connectivity index (χ2n) is 4.10. The van der Waals surface area contributed by atoms with E-state index < -0.39 is 0 Å². The number of nitrogens with two attached hydrogens (primary N) is 1. The lowest BCUT2D eigenvalue weighted by Gasteiger charge is -2.14. The predicted molar refractivity (Wildman–Crippen MR) is 70.8 cm³/mol. The average molecular weight is 250 g/mol. The Morgan fingerprint density at radius 2 is 2.12 bits per heavy atom. The molecule has 2 heterocycles. The average Bonchev–Trinajstić information content (AvgIpc) is 3.02. The minimum Gasteiger partial charge on any atom is -0.469 e. The van der Waals surface area contributed by atoms with Crippen LogP contribution < -0.4 is 11.3 Å². The molecule has 0 spiro atoms. The number of nitrogens with one attached hydrogen (secondary N) is 1. The highest BCUT2D eigenvalue weighted by molar-refractivity contribution is 7.09. The van der Waals surface area contributed by atoms with E-state index in [1.165, 1.54) is 4.88 Å². The molecule has 0 fully saturated rings. The van der Waals surface area contributed by atoms with Gasteiger partial charge in [-0.05, 0) is 42.8 Å². The lowest BCUT2D eigenvalue weighted by Crippen LogP contribution is -2.35. The summed E-state index contributed by atoms with van der Waals surface area (Å²) < 4.78 is 5.31. The summed E-state index contributed by atoms with van der Waals surface area (Å²) in [6.45, 7) is 0. The van der Waals surface area contributed by atoms with Crippen LogP contribution >= 0.6 is 11.3 Å². The zero-order valence-electron chi connectivity index (χ0n) is 9.76. The van der Waals surface area contributed by atoms with Gasteiger partial charge in [-0.1, -0.05) is 6.07 Å². The largest absolute Gasteiger partial charge is 0.469 e. The smallest absolute Gasteiger partial charge is 0.103 e. The molecular weight excluding hydrogens is 232 g/mol. The number of hydrazine groups is 1. The molecule has 0 bridgehead atoms. The van der Waals surface area contributed by atoms with Gasteiger partial charge in [0, 0.05) is 17.3 Å². The molecule has 1 unspecified atom stereocenters. The third-order valence-electron chi connectivity index (χ3n) is 2.87. The second-order valence-corrected chi connectivity index (χ2v) is 5.13. The van der Waals surface area contributed by atoms with Crippen LogP contribution in [0.3, 0.4) is 0 Å². The minimum absolute atomic E-state index is 0.349. The molecule has 3 N–H and O–H groups in total. The molecule has 2 rings (SSSR count). The molecular formula is C13H18N2OS. The summed E-state index contributed by atoms with van der Waals surface area (Å²) in [6, 6.07) is 8.54. The molecule has 0 saturated heterocycles. The molecule has 0 aliphatic carbocycles. The van der Waals surface area contributed by atoms with Crippen molar-refractivity contribution >= 4 is 11.3 Å². The maximum absolute atomic E-state index is 5.57. The highest BCUT2D eigenvalue weighted by Crippen LogP contribution is 2.14. The van der Waals surface area contributed by atoms with Crippen molar-refractivity contribution in [1.82, 2.24) is 5.43 Å². The fourth-order valence-corrected chi connectivity index (χ4v) is 2.58. The third-order valence-corrected chi connectivity index (χ3v) is 3.81. The van der Waals surface area contributed by atoms with Gasteiger partial charge in [-0.3, -0.25) is 11.3 Å². The standard InChI is InChI=1S/C13H18N2OS/c14-15-11(5-7-12-3-1-9-16-12)6-8-13-4-2-10-17-13/h1-4,9-11,15H,5-8,14H2. The Labute approximate surface area is 106 Å². The van der Waals surface area contributed by atoms with Crippen molar-refractivity contribution in [1.29, 1.82) is 0 Å². The quantitative estimate of drug-likeness (QED) is 0.587. The zero-order valence-corrected chi connectivity index (χ0v) is 10.6. The Morgan fingerprint density at radius 1 is 1.24 bits per heavy atom. The first-order valence-electron chi connectivity index (χ1n) is 5.89. The summed E-state index contributed by atoms with van der Waals surface area (Å²) in [5.74, 6) is 6.60. The van der Waals surface area contributed by atoms with Crippen molar-refractivity contribution < 1.29 is 4.42 Å². The van der Waals surface area contributed by atoms with E-state index in [9.17, 15) is 0 Å². The topological polar surface area (TPSA) is 51.2 Å². The van der Waals surface area contributed by atoms with E-state index in [-0.39, 0.29) is 0 Å². The van der Waals surface area contributed by atoms with Crippen molar-refractivity contribution in [3.05, 3.63) is 46.5 Å². The van der Waals surface area contributed by atoms with Crippen LogP contribution in [0.25, 0.3) is 0 Å². The van der Waals surface area contributed by atoms with Crippen molar-refractivity contribution in [2.75, 3.05) is 0 Å². The van der Waals surface area contributed by atoms with Gasteiger partial charge < -0.3 is 4.42 Å². The van der Waals surface area contributed by atoms with E-state index in [2.05, 4.69) is 22.9 Å². The molecule has 1 atom stereocenters. The third kappa shape index (κ3) is 4.00. The summed E-state index contributed by atoms with van der Waals surface area (Å²) in [5.41, 5.74) is 2.89. The number of thiophene rings is 1.